The number of hydrogen-bond donors (Lipinski definition) is 0. The second kappa shape index (κ2) is 7.34. The fourth-order valence-electron chi connectivity index (χ4n) is 4.48. The third-order valence-corrected chi connectivity index (χ3v) is 5.71. The molecule has 1 saturated carbocycles. The maximum absolute atomic E-state index is 2.41. The molecule has 0 radical (unpaired) electrons. The minimum Gasteiger partial charge on any atom is -0.0654 e. The van der Waals surface area contributed by atoms with Gasteiger partial charge < -0.3 is 0 Å². The van der Waals surface area contributed by atoms with E-state index in [-0.39, 0.29) is 0 Å². The third-order valence-electron chi connectivity index (χ3n) is 5.71. The first-order valence-electron chi connectivity index (χ1n) is 9.48. The second-order valence-electron chi connectivity index (χ2n) is 7.19. The molecule has 2 aromatic carbocycles. The zero-order valence-electron chi connectivity index (χ0n) is 14.8. The summed E-state index contributed by atoms with van der Waals surface area (Å²) >= 11 is 0. The Bertz CT molecular complexity index is 609. The zero-order valence-corrected chi connectivity index (χ0v) is 14.8. The van der Waals surface area contributed by atoms with Crippen LogP contribution in [0.3, 0.4) is 0 Å². The first-order valence-corrected chi connectivity index (χ1v) is 9.48. The van der Waals surface area contributed by atoms with Gasteiger partial charge in [0, 0.05) is 0 Å². The van der Waals surface area contributed by atoms with E-state index in [2.05, 4.69) is 62.4 Å². The van der Waals surface area contributed by atoms with Crippen molar-refractivity contribution in [2.24, 2.45) is 0 Å². The van der Waals surface area contributed by atoms with Crippen molar-refractivity contribution in [3.8, 4) is 11.1 Å². The van der Waals surface area contributed by atoms with E-state index in [1.165, 1.54) is 61.6 Å². The molecule has 0 unspecified atom stereocenters. The van der Waals surface area contributed by atoms with Crippen LogP contribution in [0.25, 0.3) is 11.1 Å². The predicted molar refractivity (Wildman–Crippen MR) is 101 cm³/mol. The summed E-state index contributed by atoms with van der Waals surface area (Å²) in [6, 6.07) is 18.4. The molecule has 2 aromatic rings. The minimum atomic E-state index is 0.410. The molecule has 1 fully saturated rings. The van der Waals surface area contributed by atoms with Gasteiger partial charge in [0.2, 0.25) is 0 Å². The first kappa shape index (κ1) is 16.3. The summed E-state index contributed by atoms with van der Waals surface area (Å²) in [6.45, 7) is 4.57. The SMILES string of the molecule is CCCC1(c2ccccc2-c2ccc(CC)cc2)CCCCC1. The molecule has 1 aliphatic carbocycles. The molecule has 122 valence electrons. The van der Waals surface area contributed by atoms with E-state index in [1.807, 2.05) is 0 Å². The minimum absolute atomic E-state index is 0.410. The van der Waals surface area contributed by atoms with Crippen molar-refractivity contribution in [3.05, 3.63) is 59.7 Å². The van der Waals surface area contributed by atoms with E-state index >= 15 is 0 Å². The van der Waals surface area contributed by atoms with Crippen LogP contribution in [-0.2, 0) is 11.8 Å². The van der Waals surface area contributed by atoms with Crippen molar-refractivity contribution >= 4 is 0 Å². The van der Waals surface area contributed by atoms with Crippen LogP contribution in [0.5, 0.6) is 0 Å². The van der Waals surface area contributed by atoms with Gasteiger partial charge in [0.15, 0.2) is 0 Å². The van der Waals surface area contributed by atoms with Gasteiger partial charge in [-0.1, -0.05) is 88.1 Å². The number of rotatable bonds is 5. The Labute approximate surface area is 141 Å². The molecule has 0 N–H and O–H groups in total. The Kier molecular flexibility index (Phi) is 5.20. The molecule has 1 aliphatic rings. The van der Waals surface area contributed by atoms with Crippen LogP contribution in [0, 0.1) is 0 Å². The van der Waals surface area contributed by atoms with Gasteiger partial charge in [0.05, 0.1) is 0 Å². The highest BCUT2D eigenvalue weighted by Crippen LogP contribution is 2.46. The van der Waals surface area contributed by atoms with Crippen LogP contribution in [0.15, 0.2) is 48.5 Å². The van der Waals surface area contributed by atoms with Gasteiger partial charge in [-0.3, -0.25) is 0 Å². The van der Waals surface area contributed by atoms with Gasteiger partial charge in [0.25, 0.3) is 0 Å². The summed E-state index contributed by atoms with van der Waals surface area (Å²) in [7, 11) is 0. The highest BCUT2D eigenvalue weighted by Gasteiger charge is 2.34. The topological polar surface area (TPSA) is 0 Å². The van der Waals surface area contributed by atoms with Gasteiger partial charge in [-0.05, 0) is 53.4 Å². The Morgan fingerprint density at radius 3 is 2.17 bits per heavy atom. The molecule has 3 rings (SSSR count). The molecule has 0 aliphatic heterocycles. The van der Waals surface area contributed by atoms with E-state index < -0.39 is 0 Å². The van der Waals surface area contributed by atoms with Crippen LogP contribution in [0.4, 0.5) is 0 Å². The summed E-state index contributed by atoms with van der Waals surface area (Å²) in [5.74, 6) is 0. The molecular formula is C23H30. The van der Waals surface area contributed by atoms with Crippen molar-refractivity contribution in [1.29, 1.82) is 0 Å². The van der Waals surface area contributed by atoms with Crippen molar-refractivity contribution in [2.45, 2.75) is 70.6 Å². The fraction of sp³-hybridized carbons (Fsp3) is 0.478. The van der Waals surface area contributed by atoms with Gasteiger partial charge in [0.1, 0.15) is 0 Å². The highest BCUT2D eigenvalue weighted by atomic mass is 14.4. The average Bonchev–Trinajstić information content (AvgIpc) is 2.63. The normalized spacial score (nSPS) is 17.1. The highest BCUT2D eigenvalue weighted by molar-refractivity contribution is 5.69. The molecule has 0 amide bonds. The van der Waals surface area contributed by atoms with Crippen molar-refractivity contribution in [3.63, 3.8) is 0 Å². The second-order valence-corrected chi connectivity index (χ2v) is 7.19. The predicted octanol–water partition coefficient (Wildman–Crippen LogP) is 6.92. The molecule has 23 heavy (non-hydrogen) atoms. The number of benzene rings is 2. The monoisotopic (exact) mass is 306 g/mol. The number of aryl methyl sites for hydroxylation is 1. The lowest BCUT2D eigenvalue weighted by molar-refractivity contribution is 0.272. The lowest BCUT2D eigenvalue weighted by Gasteiger charge is -2.39. The molecule has 0 heterocycles. The Hall–Kier alpha value is -1.56. The maximum atomic E-state index is 2.41. The van der Waals surface area contributed by atoms with E-state index in [0.29, 0.717) is 5.41 Å². The van der Waals surface area contributed by atoms with Crippen LogP contribution in [0.2, 0.25) is 0 Å². The largest absolute Gasteiger partial charge is 0.0654 e. The van der Waals surface area contributed by atoms with Crippen molar-refractivity contribution < 1.29 is 0 Å². The van der Waals surface area contributed by atoms with Crippen molar-refractivity contribution in [2.75, 3.05) is 0 Å². The molecular weight excluding hydrogens is 276 g/mol. The summed E-state index contributed by atoms with van der Waals surface area (Å²) in [6.07, 6.45) is 10.7. The number of hydrogen-bond acceptors (Lipinski definition) is 0. The Balaban J connectivity index is 2.04. The quantitative estimate of drug-likeness (QED) is 0.562. The average molecular weight is 306 g/mol. The summed E-state index contributed by atoms with van der Waals surface area (Å²) in [4.78, 5) is 0. The van der Waals surface area contributed by atoms with Crippen LogP contribution >= 0.6 is 0 Å². The Morgan fingerprint density at radius 1 is 0.826 bits per heavy atom. The van der Waals surface area contributed by atoms with Crippen molar-refractivity contribution in [1.82, 2.24) is 0 Å². The molecule has 0 bridgehead atoms. The van der Waals surface area contributed by atoms with Gasteiger partial charge in [-0.2, -0.15) is 0 Å². The van der Waals surface area contributed by atoms with E-state index in [1.54, 1.807) is 5.56 Å². The standard InChI is InChI=1S/C23H30/c1-3-16-23(17-8-5-9-18-23)22-11-7-6-10-21(22)20-14-12-19(4-2)13-15-20/h6-7,10-15H,3-5,8-9,16-18H2,1-2H3. The molecule has 0 spiro atoms. The van der Waals surface area contributed by atoms with E-state index in [0.717, 1.165) is 6.42 Å². The summed E-state index contributed by atoms with van der Waals surface area (Å²) in [5.41, 5.74) is 6.29. The van der Waals surface area contributed by atoms with E-state index in [4.69, 9.17) is 0 Å². The molecule has 0 aromatic heterocycles. The van der Waals surface area contributed by atoms with Crippen LogP contribution in [-0.4, -0.2) is 0 Å². The molecule has 0 saturated heterocycles. The van der Waals surface area contributed by atoms with Gasteiger partial charge in [-0.25, -0.2) is 0 Å². The van der Waals surface area contributed by atoms with Gasteiger partial charge >= 0.3 is 0 Å². The molecule has 0 nitrogen and oxygen atoms in total. The smallest absolute Gasteiger partial charge is 0.00409 e. The lowest BCUT2D eigenvalue weighted by atomic mass is 9.65. The van der Waals surface area contributed by atoms with E-state index in [9.17, 15) is 0 Å². The summed E-state index contributed by atoms with van der Waals surface area (Å²) in [5, 5.41) is 0. The Morgan fingerprint density at radius 2 is 1.52 bits per heavy atom. The van der Waals surface area contributed by atoms with Crippen LogP contribution < -0.4 is 0 Å². The maximum Gasteiger partial charge on any atom is -0.00409 e. The van der Waals surface area contributed by atoms with Crippen LogP contribution in [0.1, 0.15) is 69.9 Å². The fourth-order valence-corrected chi connectivity index (χ4v) is 4.48. The molecule has 0 heteroatoms. The lowest BCUT2D eigenvalue weighted by Crippen LogP contribution is -2.29. The zero-order chi connectivity index (χ0) is 16.1. The van der Waals surface area contributed by atoms with Gasteiger partial charge in [-0.15, -0.1) is 0 Å². The first-order chi connectivity index (χ1) is 11.3. The summed E-state index contributed by atoms with van der Waals surface area (Å²) < 4.78 is 0. The molecule has 0 atom stereocenters. The third kappa shape index (κ3) is 3.37.